The Hall–Kier alpha value is -6.21. The molecule has 0 fully saturated rings. The molecule has 6 heteroatoms. The fourth-order valence-electron chi connectivity index (χ4n) is 7.62. The van der Waals surface area contributed by atoms with E-state index in [0.29, 0.717) is 17.5 Å². The highest BCUT2D eigenvalue weighted by molar-refractivity contribution is 7.30. The molecule has 0 amide bonds. The van der Waals surface area contributed by atoms with Gasteiger partial charge in [-0.1, -0.05) is 127 Å². The van der Waals surface area contributed by atoms with Crippen molar-refractivity contribution in [3.8, 4) is 39.9 Å². The lowest BCUT2D eigenvalue weighted by Crippen LogP contribution is -2.00. The first kappa shape index (κ1) is 28.6. The number of thiophene rings is 2. The third-order valence-electron chi connectivity index (χ3n) is 9.86. The Morgan fingerprint density at radius 2 is 0.902 bits per heavy atom. The molecule has 0 saturated heterocycles. The second kappa shape index (κ2) is 11.2. The van der Waals surface area contributed by atoms with Crippen LogP contribution in [0.5, 0.6) is 0 Å². The van der Waals surface area contributed by atoms with E-state index in [4.69, 9.17) is 15.0 Å². The molecule has 0 aliphatic carbocycles. The summed E-state index contributed by atoms with van der Waals surface area (Å²) in [6.07, 6.45) is 0. The van der Waals surface area contributed by atoms with Gasteiger partial charge in [0, 0.05) is 63.1 Å². The zero-order chi connectivity index (χ0) is 33.5. The highest BCUT2D eigenvalue weighted by Gasteiger charge is 2.21. The third kappa shape index (κ3) is 4.34. The highest BCUT2D eigenvalue weighted by atomic mass is 32.1. The molecule has 4 aromatic heterocycles. The average Bonchev–Trinajstić information content (AvgIpc) is 3.88. The average molecular weight is 687 g/mol. The fourth-order valence-corrected chi connectivity index (χ4v) is 10.2. The van der Waals surface area contributed by atoms with Crippen molar-refractivity contribution >= 4 is 84.8 Å². The number of para-hydroxylation sites is 2. The van der Waals surface area contributed by atoms with Crippen LogP contribution in [-0.2, 0) is 0 Å². The second-order valence-corrected chi connectivity index (χ2v) is 14.9. The maximum absolute atomic E-state index is 5.11. The van der Waals surface area contributed by atoms with E-state index in [1.165, 1.54) is 67.8 Å². The summed E-state index contributed by atoms with van der Waals surface area (Å²) in [4.78, 5) is 15.2. The van der Waals surface area contributed by atoms with Gasteiger partial charge in [0.15, 0.2) is 17.5 Å². The van der Waals surface area contributed by atoms with Gasteiger partial charge in [0.2, 0.25) is 0 Å². The first-order valence-electron chi connectivity index (χ1n) is 17.0. The van der Waals surface area contributed by atoms with Crippen LogP contribution in [0.25, 0.3) is 102 Å². The first-order valence-corrected chi connectivity index (χ1v) is 18.6. The molecule has 0 unspecified atom stereocenters. The van der Waals surface area contributed by atoms with E-state index >= 15 is 0 Å². The van der Waals surface area contributed by atoms with E-state index in [-0.39, 0.29) is 0 Å². The van der Waals surface area contributed by atoms with Gasteiger partial charge in [-0.3, -0.25) is 0 Å². The molecule has 0 N–H and O–H groups in total. The van der Waals surface area contributed by atoms with Gasteiger partial charge in [-0.05, 0) is 30.3 Å². The van der Waals surface area contributed by atoms with E-state index in [2.05, 4.69) is 126 Å². The lowest BCUT2D eigenvalue weighted by molar-refractivity contribution is 1.08. The molecule has 0 atom stereocenters. The molecule has 0 aliphatic heterocycles. The molecule has 51 heavy (non-hydrogen) atoms. The number of hydrogen-bond acceptors (Lipinski definition) is 5. The Balaban J connectivity index is 1.17. The number of fused-ring (bicyclic) bond motifs is 10. The summed E-state index contributed by atoms with van der Waals surface area (Å²) in [6.45, 7) is 0. The maximum atomic E-state index is 5.11. The summed E-state index contributed by atoms with van der Waals surface area (Å²) in [7, 11) is 0. The highest BCUT2D eigenvalue weighted by Crippen LogP contribution is 2.48. The minimum atomic E-state index is 0.666. The normalized spacial score (nSPS) is 11.9. The van der Waals surface area contributed by atoms with Crippen LogP contribution >= 0.6 is 22.7 Å². The summed E-state index contributed by atoms with van der Waals surface area (Å²) < 4.78 is 7.54. The number of aromatic nitrogens is 4. The largest absolute Gasteiger partial charge is 0.308 e. The predicted octanol–water partition coefficient (Wildman–Crippen LogP) is 12.7. The van der Waals surface area contributed by atoms with E-state index in [1.807, 2.05) is 59.1 Å². The molecule has 11 aromatic rings. The molecule has 4 nitrogen and oxygen atoms in total. The maximum Gasteiger partial charge on any atom is 0.164 e. The Kier molecular flexibility index (Phi) is 6.26. The van der Waals surface area contributed by atoms with Gasteiger partial charge >= 0.3 is 0 Å². The minimum Gasteiger partial charge on any atom is -0.308 e. The van der Waals surface area contributed by atoms with E-state index in [1.54, 1.807) is 0 Å². The molecule has 4 heterocycles. The Bertz CT molecular complexity index is 3030. The zero-order valence-corrected chi connectivity index (χ0v) is 28.7. The van der Waals surface area contributed by atoms with Crippen molar-refractivity contribution in [3.63, 3.8) is 0 Å². The quantitative estimate of drug-likeness (QED) is 0.185. The van der Waals surface area contributed by atoms with Gasteiger partial charge in [0.1, 0.15) is 0 Å². The molecule has 0 spiro atoms. The number of rotatable bonds is 4. The standard InChI is InChI=1S/C45H26N4S2/c1-3-13-27(14-4-1)43-46-44(28-15-5-2-6-16-28)48-45(47-43)33-20-12-24-37-39(33)32-25-26-38-40(42(32)51-37)31-19-11-23-36(41(31)50-38)49-34-21-9-7-17-29(34)30-18-8-10-22-35(30)49/h1-26H. The van der Waals surface area contributed by atoms with Crippen LogP contribution in [0.15, 0.2) is 158 Å². The molecular formula is C45H26N4S2. The summed E-state index contributed by atoms with van der Waals surface area (Å²) in [5, 5.41) is 7.55. The summed E-state index contributed by atoms with van der Waals surface area (Å²) in [6, 6.07) is 55.7. The van der Waals surface area contributed by atoms with Crippen LogP contribution in [0.3, 0.4) is 0 Å². The molecule has 238 valence electrons. The predicted molar refractivity (Wildman–Crippen MR) is 216 cm³/mol. The van der Waals surface area contributed by atoms with Crippen LogP contribution in [0.4, 0.5) is 0 Å². The number of hydrogen-bond donors (Lipinski definition) is 0. The van der Waals surface area contributed by atoms with Gasteiger partial charge in [0.05, 0.1) is 21.4 Å². The van der Waals surface area contributed by atoms with Gasteiger partial charge in [-0.2, -0.15) is 0 Å². The van der Waals surface area contributed by atoms with E-state index in [9.17, 15) is 0 Å². The van der Waals surface area contributed by atoms with Gasteiger partial charge in [0.25, 0.3) is 0 Å². The number of nitrogens with zero attached hydrogens (tertiary/aromatic N) is 4. The lowest BCUT2D eigenvalue weighted by Gasteiger charge is -2.09. The van der Waals surface area contributed by atoms with Crippen LogP contribution in [0.1, 0.15) is 0 Å². The van der Waals surface area contributed by atoms with Crippen molar-refractivity contribution in [2.75, 3.05) is 0 Å². The van der Waals surface area contributed by atoms with Gasteiger partial charge in [-0.25, -0.2) is 15.0 Å². The first-order chi connectivity index (χ1) is 25.3. The molecule has 0 radical (unpaired) electrons. The van der Waals surface area contributed by atoms with E-state index < -0.39 is 0 Å². The van der Waals surface area contributed by atoms with Crippen LogP contribution in [-0.4, -0.2) is 19.5 Å². The Morgan fingerprint density at radius 1 is 0.373 bits per heavy atom. The monoisotopic (exact) mass is 686 g/mol. The van der Waals surface area contributed by atoms with Crippen molar-refractivity contribution in [1.82, 2.24) is 19.5 Å². The third-order valence-corrected chi connectivity index (χ3v) is 12.2. The van der Waals surface area contributed by atoms with Gasteiger partial charge in [-0.15, -0.1) is 22.7 Å². The summed E-state index contributed by atoms with van der Waals surface area (Å²) in [5.74, 6) is 2.01. The minimum absolute atomic E-state index is 0.666. The van der Waals surface area contributed by atoms with E-state index in [0.717, 1.165) is 16.7 Å². The Labute approximate surface area is 300 Å². The second-order valence-electron chi connectivity index (χ2n) is 12.8. The Morgan fingerprint density at radius 3 is 1.59 bits per heavy atom. The molecule has 11 rings (SSSR count). The van der Waals surface area contributed by atoms with Crippen molar-refractivity contribution < 1.29 is 0 Å². The topological polar surface area (TPSA) is 43.6 Å². The van der Waals surface area contributed by atoms with Crippen molar-refractivity contribution in [2.45, 2.75) is 0 Å². The van der Waals surface area contributed by atoms with Crippen molar-refractivity contribution in [3.05, 3.63) is 158 Å². The molecule has 0 aliphatic rings. The van der Waals surface area contributed by atoms with Crippen LogP contribution < -0.4 is 0 Å². The van der Waals surface area contributed by atoms with Crippen LogP contribution in [0, 0.1) is 0 Å². The summed E-state index contributed by atoms with van der Waals surface area (Å²) in [5.41, 5.74) is 6.61. The zero-order valence-electron chi connectivity index (χ0n) is 27.1. The fraction of sp³-hybridized carbons (Fsp3) is 0. The SMILES string of the molecule is c1ccc(-c2nc(-c3ccccc3)nc(-c3cccc4sc5c(ccc6sc7c(-n8c9ccccc9c9ccccc98)cccc7c65)c34)n2)cc1. The molecule has 0 bridgehead atoms. The van der Waals surface area contributed by atoms with Crippen molar-refractivity contribution in [2.24, 2.45) is 0 Å². The molecule has 7 aromatic carbocycles. The molecular weight excluding hydrogens is 661 g/mol. The number of benzene rings is 7. The molecule has 0 saturated carbocycles. The van der Waals surface area contributed by atoms with Crippen LogP contribution in [0.2, 0.25) is 0 Å². The summed E-state index contributed by atoms with van der Waals surface area (Å²) >= 11 is 3.74. The van der Waals surface area contributed by atoms with Crippen molar-refractivity contribution in [1.29, 1.82) is 0 Å². The lowest BCUT2D eigenvalue weighted by atomic mass is 10.0. The van der Waals surface area contributed by atoms with Gasteiger partial charge < -0.3 is 4.57 Å². The smallest absolute Gasteiger partial charge is 0.164 e.